The number of para-hydroxylation sites is 1. The van der Waals surface area contributed by atoms with Crippen LogP contribution in [-0.2, 0) is 10.2 Å². The number of carbonyl (C=O) groups excluding carboxylic acids is 1. The van der Waals surface area contributed by atoms with Crippen molar-refractivity contribution >= 4 is 22.6 Å². The van der Waals surface area contributed by atoms with Crippen LogP contribution in [0.2, 0.25) is 0 Å². The van der Waals surface area contributed by atoms with Crippen LogP contribution in [0.4, 0.5) is 5.82 Å². The summed E-state index contributed by atoms with van der Waals surface area (Å²) in [6.07, 6.45) is 3.73. The number of aromatic amines is 1. The van der Waals surface area contributed by atoms with Gasteiger partial charge in [-0.1, -0.05) is 24.3 Å². The number of pyridine rings is 1. The van der Waals surface area contributed by atoms with E-state index in [9.17, 15) is 4.79 Å². The highest BCUT2D eigenvalue weighted by Gasteiger charge is 2.55. The first-order valence-corrected chi connectivity index (χ1v) is 9.72. The van der Waals surface area contributed by atoms with Gasteiger partial charge in [-0.15, -0.1) is 0 Å². The number of anilines is 1. The lowest BCUT2D eigenvalue weighted by molar-refractivity contribution is -0.134. The zero-order valence-electron chi connectivity index (χ0n) is 15.6. The summed E-state index contributed by atoms with van der Waals surface area (Å²) in [7, 11) is 0. The fourth-order valence-electron chi connectivity index (χ4n) is 4.57. The van der Waals surface area contributed by atoms with Crippen molar-refractivity contribution in [2.24, 2.45) is 0 Å². The maximum Gasteiger partial charge on any atom is 0.233 e. The van der Waals surface area contributed by atoms with Crippen molar-refractivity contribution < 1.29 is 4.79 Å². The Morgan fingerprint density at radius 2 is 1.78 bits per heavy atom. The largest absolute Gasteiger partial charge is 0.358 e. The Kier molecular flexibility index (Phi) is 3.71. The number of piperazine rings is 1. The van der Waals surface area contributed by atoms with Crippen LogP contribution >= 0.6 is 0 Å². The van der Waals surface area contributed by atoms with E-state index in [1.807, 2.05) is 30.5 Å². The van der Waals surface area contributed by atoms with E-state index in [-0.39, 0.29) is 5.41 Å². The second-order valence-corrected chi connectivity index (χ2v) is 7.72. The van der Waals surface area contributed by atoms with E-state index in [1.165, 1.54) is 10.9 Å². The molecule has 3 aromatic rings. The number of nitrogens with one attached hydrogen (secondary N) is 1. The third-order valence-electron chi connectivity index (χ3n) is 6.07. The molecule has 0 bridgehead atoms. The molecule has 0 unspecified atom stereocenters. The van der Waals surface area contributed by atoms with Crippen molar-refractivity contribution in [3.8, 4) is 0 Å². The minimum Gasteiger partial charge on any atom is -0.358 e. The van der Waals surface area contributed by atoms with E-state index >= 15 is 0 Å². The van der Waals surface area contributed by atoms with E-state index in [0.717, 1.165) is 56.0 Å². The summed E-state index contributed by atoms with van der Waals surface area (Å²) >= 11 is 0. The molecular weight excluding hydrogens is 336 g/mol. The number of aromatic nitrogens is 2. The van der Waals surface area contributed by atoms with E-state index in [4.69, 9.17) is 0 Å². The summed E-state index contributed by atoms with van der Waals surface area (Å²) in [5.74, 6) is 1.30. The summed E-state index contributed by atoms with van der Waals surface area (Å²) in [6, 6.07) is 14.3. The molecule has 138 valence electrons. The molecule has 1 saturated heterocycles. The van der Waals surface area contributed by atoms with Gasteiger partial charge in [0.25, 0.3) is 0 Å². The van der Waals surface area contributed by atoms with Crippen LogP contribution in [0, 0.1) is 6.92 Å². The first-order valence-electron chi connectivity index (χ1n) is 9.72. The number of nitrogens with zero attached hydrogens (tertiary/aromatic N) is 3. The molecule has 2 fully saturated rings. The summed E-state index contributed by atoms with van der Waals surface area (Å²) < 4.78 is 0. The highest BCUT2D eigenvalue weighted by Crippen LogP contribution is 2.53. The van der Waals surface area contributed by atoms with Gasteiger partial charge in [0, 0.05) is 49.0 Å². The zero-order valence-corrected chi connectivity index (χ0v) is 15.6. The molecule has 1 amide bonds. The maximum atomic E-state index is 13.5. The van der Waals surface area contributed by atoms with Crippen LogP contribution in [0.15, 0.2) is 48.7 Å². The summed E-state index contributed by atoms with van der Waals surface area (Å²) in [5.41, 5.74) is 3.16. The van der Waals surface area contributed by atoms with Crippen molar-refractivity contribution in [3.63, 3.8) is 0 Å². The van der Waals surface area contributed by atoms with Gasteiger partial charge >= 0.3 is 0 Å². The molecule has 2 aliphatic rings. The smallest absolute Gasteiger partial charge is 0.233 e. The van der Waals surface area contributed by atoms with Gasteiger partial charge in [-0.05, 0) is 43.5 Å². The third-order valence-corrected chi connectivity index (χ3v) is 6.07. The molecule has 0 atom stereocenters. The Hall–Kier alpha value is -2.82. The number of H-pyrrole nitrogens is 1. The van der Waals surface area contributed by atoms with E-state index in [2.05, 4.69) is 44.9 Å². The molecule has 5 heteroatoms. The molecule has 27 heavy (non-hydrogen) atoms. The summed E-state index contributed by atoms with van der Waals surface area (Å²) in [6.45, 7) is 5.30. The van der Waals surface area contributed by atoms with Crippen molar-refractivity contribution in [1.29, 1.82) is 0 Å². The van der Waals surface area contributed by atoms with E-state index in [0.29, 0.717) is 5.91 Å². The first-order chi connectivity index (χ1) is 13.2. The second kappa shape index (κ2) is 6.12. The van der Waals surface area contributed by atoms with E-state index in [1.54, 1.807) is 0 Å². The number of hydrogen-bond acceptors (Lipinski definition) is 3. The van der Waals surface area contributed by atoms with Crippen LogP contribution in [0.25, 0.3) is 10.9 Å². The molecular formula is C22H24N4O. The molecule has 5 nitrogen and oxygen atoms in total. The first kappa shape index (κ1) is 16.4. The van der Waals surface area contributed by atoms with E-state index < -0.39 is 0 Å². The quantitative estimate of drug-likeness (QED) is 0.780. The molecule has 2 aromatic heterocycles. The monoisotopic (exact) mass is 360 g/mol. The fourth-order valence-corrected chi connectivity index (χ4v) is 4.57. The second-order valence-electron chi connectivity index (χ2n) is 7.72. The number of hydrogen-bond donors (Lipinski definition) is 1. The Morgan fingerprint density at radius 1 is 1.04 bits per heavy atom. The van der Waals surface area contributed by atoms with Gasteiger partial charge in [0.05, 0.1) is 5.41 Å². The lowest BCUT2D eigenvalue weighted by Gasteiger charge is -2.37. The fraction of sp³-hybridized carbons (Fsp3) is 0.364. The Morgan fingerprint density at radius 3 is 2.48 bits per heavy atom. The minimum atomic E-state index is -0.323. The molecule has 1 N–H and O–H groups in total. The molecule has 0 spiro atoms. The van der Waals surface area contributed by atoms with Crippen LogP contribution in [0.1, 0.15) is 24.1 Å². The average Bonchev–Trinajstić information content (AvgIpc) is 3.44. The number of aryl methyl sites for hydroxylation is 1. The summed E-state index contributed by atoms with van der Waals surface area (Å²) in [4.78, 5) is 25.7. The van der Waals surface area contributed by atoms with Crippen LogP contribution in [0.3, 0.4) is 0 Å². The van der Waals surface area contributed by atoms with Gasteiger partial charge < -0.3 is 14.8 Å². The number of carbonyl (C=O) groups is 1. The lowest BCUT2D eigenvalue weighted by Crippen LogP contribution is -2.51. The SMILES string of the molecule is Cc1[nH]c2ccccc2c1C1(C(=O)N2CCN(c3ccccn3)CC2)CC1. The molecule has 1 aliphatic carbocycles. The van der Waals surface area contributed by atoms with Gasteiger partial charge in [0.15, 0.2) is 0 Å². The molecule has 1 saturated carbocycles. The summed E-state index contributed by atoms with van der Waals surface area (Å²) in [5, 5.41) is 1.20. The number of benzene rings is 1. The number of fused-ring (bicyclic) bond motifs is 1. The predicted octanol–water partition coefficient (Wildman–Crippen LogP) is 3.25. The molecule has 1 aromatic carbocycles. The van der Waals surface area contributed by atoms with Gasteiger partial charge in [-0.25, -0.2) is 4.98 Å². The van der Waals surface area contributed by atoms with Crippen molar-refractivity contribution in [3.05, 3.63) is 59.9 Å². The van der Waals surface area contributed by atoms with Crippen molar-refractivity contribution in [2.45, 2.75) is 25.2 Å². The van der Waals surface area contributed by atoms with Crippen LogP contribution in [0.5, 0.6) is 0 Å². The van der Waals surface area contributed by atoms with Gasteiger partial charge in [0.2, 0.25) is 5.91 Å². The van der Waals surface area contributed by atoms with Gasteiger partial charge in [0.1, 0.15) is 5.82 Å². The Balaban J connectivity index is 1.38. The lowest BCUT2D eigenvalue weighted by atomic mass is 9.91. The predicted molar refractivity (Wildman–Crippen MR) is 107 cm³/mol. The van der Waals surface area contributed by atoms with Crippen LogP contribution < -0.4 is 4.90 Å². The maximum absolute atomic E-state index is 13.5. The standard InChI is InChI=1S/C22H24N4O/c1-16-20(17-6-2-3-7-18(17)24-16)22(9-10-22)21(27)26-14-12-25(13-15-26)19-8-4-5-11-23-19/h2-8,11,24H,9-10,12-15H2,1H3. The molecule has 5 rings (SSSR count). The molecule has 1 aliphatic heterocycles. The Bertz CT molecular complexity index is 982. The highest BCUT2D eigenvalue weighted by molar-refractivity contribution is 5.98. The Labute approximate surface area is 159 Å². The third kappa shape index (κ3) is 2.60. The van der Waals surface area contributed by atoms with Gasteiger partial charge in [-0.2, -0.15) is 0 Å². The topological polar surface area (TPSA) is 52.2 Å². The average molecular weight is 360 g/mol. The zero-order chi connectivity index (χ0) is 18.4. The number of amides is 1. The van der Waals surface area contributed by atoms with Crippen molar-refractivity contribution in [1.82, 2.24) is 14.9 Å². The molecule has 0 radical (unpaired) electrons. The highest BCUT2D eigenvalue weighted by atomic mass is 16.2. The number of rotatable bonds is 3. The van der Waals surface area contributed by atoms with Gasteiger partial charge in [-0.3, -0.25) is 4.79 Å². The normalized spacial score (nSPS) is 18.7. The van der Waals surface area contributed by atoms with Crippen LogP contribution in [-0.4, -0.2) is 47.0 Å². The molecule has 3 heterocycles. The minimum absolute atomic E-state index is 0.302. The van der Waals surface area contributed by atoms with Crippen molar-refractivity contribution in [2.75, 3.05) is 31.1 Å².